The third kappa shape index (κ3) is 5.19. The number of nitrogens with zero attached hydrogens (tertiary/aromatic N) is 2. The van der Waals surface area contributed by atoms with Gasteiger partial charge in [0.2, 0.25) is 15.9 Å². The first-order valence-electron chi connectivity index (χ1n) is 7.73. The second-order valence-electron chi connectivity index (χ2n) is 6.21. The lowest BCUT2D eigenvalue weighted by Gasteiger charge is -2.32. The Morgan fingerprint density at radius 1 is 1.39 bits per heavy atom. The smallest absolute Gasteiger partial charge is 0.237 e. The minimum Gasteiger partial charge on any atom is -0.341 e. The van der Waals surface area contributed by atoms with E-state index in [1.54, 1.807) is 29.2 Å². The molecule has 1 saturated heterocycles. The number of carbonyl (C=O) groups is 1. The summed E-state index contributed by atoms with van der Waals surface area (Å²) in [6, 6.07) is 7.08. The molecule has 0 aliphatic carbocycles. The van der Waals surface area contributed by atoms with Crippen molar-refractivity contribution < 1.29 is 13.2 Å². The summed E-state index contributed by atoms with van der Waals surface area (Å²) in [6.07, 6.45) is 3.20. The van der Waals surface area contributed by atoms with Gasteiger partial charge < -0.3 is 4.90 Å². The number of likely N-dealkylation sites (tertiary alicyclic amines) is 1. The summed E-state index contributed by atoms with van der Waals surface area (Å²) in [6.45, 7) is 3.47. The van der Waals surface area contributed by atoms with Gasteiger partial charge in [0.05, 0.1) is 12.8 Å². The molecule has 0 unspecified atom stereocenters. The Kier molecular flexibility index (Phi) is 6.06. The summed E-state index contributed by atoms with van der Waals surface area (Å²) in [5.74, 6) is 0.317. The van der Waals surface area contributed by atoms with Crippen LogP contribution in [0.3, 0.4) is 0 Å². The predicted molar refractivity (Wildman–Crippen MR) is 91.7 cm³/mol. The number of piperidine rings is 1. The Morgan fingerprint density at radius 2 is 2.09 bits per heavy atom. The Labute approximate surface area is 143 Å². The maximum Gasteiger partial charge on any atom is 0.237 e. The number of halogens is 1. The van der Waals surface area contributed by atoms with Crippen molar-refractivity contribution in [3.8, 4) is 0 Å². The standard InChI is InChI=1S/C16H23ClN2O3S/c1-13-6-5-9-18(10-13)16(20)12-19(23(2,21)22)11-14-7-3-4-8-15(14)17/h3-4,7-8,13H,5-6,9-12H2,1-2H3/t13-/m1/s1. The molecule has 0 bridgehead atoms. The average molecular weight is 359 g/mol. The number of benzene rings is 1. The molecule has 0 N–H and O–H groups in total. The van der Waals surface area contributed by atoms with Crippen LogP contribution in [-0.2, 0) is 21.4 Å². The second-order valence-corrected chi connectivity index (χ2v) is 8.60. The maximum absolute atomic E-state index is 12.5. The van der Waals surface area contributed by atoms with Gasteiger partial charge >= 0.3 is 0 Å². The summed E-state index contributed by atoms with van der Waals surface area (Å²) in [4.78, 5) is 14.2. The van der Waals surface area contributed by atoms with Gasteiger partial charge in [0.25, 0.3) is 0 Å². The summed E-state index contributed by atoms with van der Waals surface area (Å²) in [5.41, 5.74) is 0.694. The van der Waals surface area contributed by atoms with Crippen LogP contribution in [0.5, 0.6) is 0 Å². The van der Waals surface area contributed by atoms with Crippen LogP contribution in [0.4, 0.5) is 0 Å². The van der Waals surface area contributed by atoms with E-state index in [1.807, 2.05) is 0 Å². The molecule has 2 rings (SSSR count). The highest BCUT2D eigenvalue weighted by Crippen LogP contribution is 2.20. The fourth-order valence-electron chi connectivity index (χ4n) is 2.77. The van der Waals surface area contributed by atoms with Crippen molar-refractivity contribution >= 4 is 27.5 Å². The fourth-order valence-corrected chi connectivity index (χ4v) is 3.69. The molecule has 1 aliphatic heterocycles. The van der Waals surface area contributed by atoms with E-state index in [0.29, 0.717) is 29.6 Å². The van der Waals surface area contributed by atoms with Crippen LogP contribution in [-0.4, -0.2) is 49.4 Å². The third-order valence-electron chi connectivity index (χ3n) is 4.09. The largest absolute Gasteiger partial charge is 0.341 e. The van der Waals surface area contributed by atoms with E-state index in [9.17, 15) is 13.2 Å². The summed E-state index contributed by atoms with van der Waals surface area (Å²) >= 11 is 6.11. The maximum atomic E-state index is 12.5. The molecule has 1 aliphatic rings. The van der Waals surface area contributed by atoms with Crippen molar-refractivity contribution in [2.45, 2.75) is 26.3 Å². The second kappa shape index (κ2) is 7.64. The van der Waals surface area contributed by atoms with Gasteiger partial charge in [0.1, 0.15) is 0 Å². The first-order valence-corrected chi connectivity index (χ1v) is 9.96. The van der Waals surface area contributed by atoms with Crippen LogP contribution in [0.15, 0.2) is 24.3 Å². The summed E-state index contributed by atoms with van der Waals surface area (Å²) in [5, 5.41) is 0.500. The number of amides is 1. The molecular formula is C16H23ClN2O3S. The van der Waals surface area contributed by atoms with Gasteiger partial charge in [-0.3, -0.25) is 4.79 Å². The Hall–Kier alpha value is -1.11. The van der Waals surface area contributed by atoms with Crippen molar-refractivity contribution in [2.24, 2.45) is 5.92 Å². The van der Waals surface area contributed by atoms with E-state index in [-0.39, 0.29) is 19.0 Å². The van der Waals surface area contributed by atoms with Crippen LogP contribution in [0, 0.1) is 5.92 Å². The molecule has 1 heterocycles. The average Bonchev–Trinajstić information content (AvgIpc) is 2.47. The molecule has 0 saturated carbocycles. The monoisotopic (exact) mass is 358 g/mol. The molecule has 5 nitrogen and oxygen atoms in total. The van der Waals surface area contributed by atoms with Gasteiger partial charge in [-0.1, -0.05) is 36.7 Å². The summed E-state index contributed by atoms with van der Waals surface area (Å²) in [7, 11) is -3.50. The van der Waals surface area contributed by atoms with E-state index in [4.69, 9.17) is 11.6 Å². The number of sulfonamides is 1. The molecule has 1 aromatic rings. The molecule has 1 fully saturated rings. The van der Waals surface area contributed by atoms with Crippen LogP contribution >= 0.6 is 11.6 Å². The predicted octanol–water partition coefficient (Wildman–Crippen LogP) is 2.36. The van der Waals surface area contributed by atoms with Gasteiger partial charge in [-0.15, -0.1) is 0 Å². The molecule has 0 spiro atoms. The molecule has 1 amide bonds. The Morgan fingerprint density at radius 3 is 2.70 bits per heavy atom. The van der Waals surface area contributed by atoms with Crippen LogP contribution in [0.2, 0.25) is 5.02 Å². The van der Waals surface area contributed by atoms with E-state index in [1.165, 1.54) is 4.31 Å². The van der Waals surface area contributed by atoms with Crippen LogP contribution in [0.25, 0.3) is 0 Å². The Balaban J connectivity index is 2.10. The highest BCUT2D eigenvalue weighted by atomic mass is 35.5. The van der Waals surface area contributed by atoms with Crippen molar-refractivity contribution in [3.63, 3.8) is 0 Å². The number of hydrogen-bond acceptors (Lipinski definition) is 3. The zero-order valence-corrected chi connectivity index (χ0v) is 15.1. The molecular weight excluding hydrogens is 336 g/mol. The normalized spacial score (nSPS) is 19.1. The first kappa shape index (κ1) is 18.2. The first-order chi connectivity index (χ1) is 10.8. The molecule has 1 aromatic carbocycles. The van der Waals surface area contributed by atoms with Gasteiger partial charge in [0.15, 0.2) is 0 Å². The van der Waals surface area contributed by atoms with Crippen molar-refractivity contribution in [1.82, 2.24) is 9.21 Å². The molecule has 1 atom stereocenters. The number of rotatable bonds is 5. The van der Waals surface area contributed by atoms with E-state index >= 15 is 0 Å². The highest BCUT2D eigenvalue weighted by Gasteiger charge is 2.26. The van der Waals surface area contributed by atoms with Crippen molar-refractivity contribution in [3.05, 3.63) is 34.9 Å². The van der Waals surface area contributed by atoms with Gasteiger partial charge in [-0.05, 0) is 30.4 Å². The quantitative estimate of drug-likeness (QED) is 0.811. The molecule has 0 aromatic heterocycles. The Bertz CT molecular complexity index is 663. The van der Waals surface area contributed by atoms with Gasteiger partial charge in [-0.25, -0.2) is 8.42 Å². The zero-order valence-electron chi connectivity index (χ0n) is 13.5. The van der Waals surface area contributed by atoms with Crippen molar-refractivity contribution in [1.29, 1.82) is 0 Å². The summed E-state index contributed by atoms with van der Waals surface area (Å²) < 4.78 is 25.3. The van der Waals surface area contributed by atoms with Crippen LogP contribution in [0.1, 0.15) is 25.3 Å². The SMILES string of the molecule is C[C@@H]1CCCN(C(=O)CN(Cc2ccccc2Cl)S(C)(=O)=O)C1. The minimum absolute atomic E-state index is 0.105. The lowest BCUT2D eigenvalue weighted by molar-refractivity contribution is -0.133. The topological polar surface area (TPSA) is 57.7 Å². The minimum atomic E-state index is -3.50. The molecule has 7 heteroatoms. The van der Waals surface area contributed by atoms with Crippen molar-refractivity contribution in [2.75, 3.05) is 25.9 Å². The van der Waals surface area contributed by atoms with Gasteiger partial charge in [0, 0.05) is 24.7 Å². The zero-order chi connectivity index (χ0) is 17.0. The van der Waals surface area contributed by atoms with E-state index in [2.05, 4.69) is 6.92 Å². The lowest BCUT2D eigenvalue weighted by atomic mass is 10.0. The molecule has 0 radical (unpaired) electrons. The highest BCUT2D eigenvalue weighted by molar-refractivity contribution is 7.88. The molecule has 23 heavy (non-hydrogen) atoms. The number of carbonyl (C=O) groups excluding carboxylic acids is 1. The van der Waals surface area contributed by atoms with E-state index < -0.39 is 10.0 Å². The third-order valence-corrected chi connectivity index (χ3v) is 5.66. The molecule has 128 valence electrons. The van der Waals surface area contributed by atoms with E-state index in [0.717, 1.165) is 19.1 Å². The van der Waals surface area contributed by atoms with Crippen LogP contribution < -0.4 is 0 Å². The lowest BCUT2D eigenvalue weighted by Crippen LogP contribution is -2.45. The fraction of sp³-hybridized carbons (Fsp3) is 0.562. The van der Waals surface area contributed by atoms with Gasteiger partial charge in [-0.2, -0.15) is 4.31 Å². The number of hydrogen-bond donors (Lipinski definition) is 0.